The molecule has 0 radical (unpaired) electrons. The molecule has 3 rings (SSSR count). The van der Waals surface area contributed by atoms with Crippen molar-refractivity contribution in [3.05, 3.63) is 65.5 Å². The molecule has 0 saturated heterocycles. The molecule has 0 fully saturated rings. The van der Waals surface area contributed by atoms with Crippen LogP contribution in [0.25, 0.3) is 11.4 Å². The summed E-state index contributed by atoms with van der Waals surface area (Å²) in [6, 6.07) is 14.7. The highest BCUT2D eigenvalue weighted by molar-refractivity contribution is 7.92. The fourth-order valence-electron chi connectivity index (χ4n) is 2.95. The topological polar surface area (TPSA) is 96.6 Å². The third-order valence-corrected chi connectivity index (χ3v) is 5.95. The van der Waals surface area contributed by atoms with Crippen LogP contribution < -0.4 is 4.31 Å². The van der Waals surface area contributed by atoms with Gasteiger partial charge in [-0.2, -0.15) is 4.98 Å². The fraction of sp³-hybridized carbons (Fsp3) is 0.286. The van der Waals surface area contributed by atoms with E-state index in [1.165, 1.54) is 4.90 Å². The number of sulfonamides is 1. The molecular weight excluding hydrogens is 404 g/mol. The van der Waals surface area contributed by atoms with Gasteiger partial charge in [-0.1, -0.05) is 47.6 Å². The average Bonchev–Trinajstić information content (AvgIpc) is 3.16. The Hall–Kier alpha value is -3.20. The average molecular weight is 429 g/mol. The SMILES string of the molecule is Cc1cccc(N(CC(=O)N(C)Cc2nc(-c3ccccc3)no2)S(C)(=O)=O)c1C. The van der Waals surface area contributed by atoms with Gasteiger partial charge in [-0.3, -0.25) is 9.10 Å². The summed E-state index contributed by atoms with van der Waals surface area (Å²) in [4.78, 5) is 18.5. The van der Waals surface area contributed by atoms with Crippen LogP contribution in [0.1, 0.15) is 17.0 Å². The van der Waals surface area contributed by atoms with Crippen molar-refractivity contribution < 1.29 is 17.7 Å². The van der Waals surface area contributed by atoms with Crippen LogP contribution in [0.3, 0.4) is 0 Å². The highest BCUT2D eigenvalue weighted by Crippen LogP contribution is 2.25. The number of hydrogen-bond donors (Lipinski definition) is 0. The first-order valence-corrected chi connectivity index (χ1v) is 11.2. The second kappa shape index (κ2) is 8.66. The van der Waals surface area contributed by atoms with Gasteiger partial charge >= 0.3 is 0 Å². The van der Waals surface area contributed by atoms with E-state index in [-0.39, 0.29) is 24.9 Å². The van der Waals surface area contributed by atoms with Gasteiger partial charge in [0.05, 0.1) is 18.5 Å². The van der Waals surface area contributed by atoms with Crippen LogP contribution in [0.15, 0.2) is 53.1 Å². The number of benzene rings is 2. The molecular formula is C21H24N4O4S. The Labute approximate surface area is 176 Å². The largest absolute Gasteiger partial charge is 0.337 e. The van der Waals surface area contributed by atoms with Gasteiger partial charge in [0.15, 0.2) is 0 Å². The summed E-state index contributed by atoms with van der Waals surface area (Å²) in [6.07, 6.45) is 1.09. The van der Waals surface area contributed by atoms with Crippen molar-refractivity contribution in [2.24, 2.45) is 0 Å². The van der Waals surface area contributed by atoms with Gasteiger partial charge in [0, 0.05) is 12.6 Å². The third-order valence-electron chi connectivity index (χ3n) is 4.82. The van der Waals surface area contributed by atoms with Gasteiger partial charge in [0.25, 0.3) is 0 Å². The minimum Gasteiger partial charge on any atom is -0.337 e. The molecule has 2 aromatic carbocycles. The second-order valence-electron chi connectivity index (χ2n) is 7.12. The Balaban J connectivity index is 1.75. The predicted molar refractivity (Wildman–Crippen MR) is 114 cm³/mol. The lowest BCUT2D eigenvalue weighted by atomic mass is 10.1. The predicted octanol–water partition coefficient (Wildman–Crippen LogP) is 2.78. The maximum atomic E-state index is 12.8. The van der Waals surface area contributed by atoms with Crippen LogP contribution in [0.5, 0.6) is 0 Å². The Bertz CT molecular complexity index is 1140. The van der Waals surface area contributed by atoms with Crippen LogP contribution in [-0.2, 0) is 21.4 Å². The number of amides is 1. The summed E-state index contributed by atoms with van der Waals surface area (Å²) < 4.78 is 31.1. The van der Waals surface area contributed by atoms with Crippen LogP contribution in [0.2, 0.25) is 0 Å². The van der Waals surface area contributed by atoms with E-state index in [0.29, 0.717) is 11.5 Å². The number of rotatable bonds is 7. The van der Waals surface area contributed by atoms with Gasteiger partial charge in [0.2, 0.25) is 27.6 Å². The smallest absolute Gasteiger partial charge is 0.246 e. The molecule has 30 heavy (non-hydrogen) atoms. The molecule has 0 spiro atoms. The van der Waals surface area contributed by atoms with Gasteiger partial charge < -0.3 is 9.42 Å². The van der Waals surface area contributed by atoms with E-state index in [1.54, 1.807) is 19.2 Å². The van der Waals surface area contributed by atoms with Crippen molar-refractivity contribution in [2.75, 3.05) is 24.2 Å². The minimum atomic E-state index is -3.66. The van der Waals surface area contributed by atoms with Crippen LogP contribution in [0.4, 0.5) is 5.69 Å². The summed E-state index contributed by atoms with van der Waals surface area (Å²) in [6.45, 7) is 3.48. The van der Waals surface area contributed by atoms with Gasteiger partial charge in [-0.05, 0) is 31.0 Å². The van der Waals surface area contributed by atoms with Crippen molar-refractivity contribution in [3.8, 4) is 11.4 Å². The first-order chi connectivity index (χ1) is 14.2. The number of carbonyl (C=O) groups is 1. The summed E-state index contributed by atoms with van der Waals surface area (Å²) in [5, 5.41) is 3.94. The first-order valence-electron chi connectivity index (χ1n) is 9.32. The first kappa shape index (κ1) is 21.5. The van der Waals surface area contributed by atoms with Crippen molar-refractivity contribution in [3.63, 3.8) is 0 Å². The lowest BCUT2D eigenvalue weighted by molar-refractivity contribution is -0.129. The third kappa shape index (κ3) is 4.85. The molecule has 0 aliphatic heterocycles. The van der Waals surface area contributed by atoms with Crippen LogP contribution in [0, 0.1) is 13.8 Å². The van der Waals surface area contributed by atoms with E-state index in [4.69, 9.17) is 4.52 Å². The lowest BCUT2D eigenvalue weighted by Gasteiger charge is -2.26. The maximum absolute atomic E-state index is 12.8. The molecule has 3 aromatic rings. The Morgan fingerprint density at radius 3 is 2.43 bits per heavy atom. The number of aromatic nitrogens is 2. The zero-order chi connectivity index (χ0) is 21.9. The molecule has 1 amide bonds. The molecule has 158 valence electrons. The molecule has 9 heteroatoms. The molecule has 0 aliphatic rings. The highest BCUT2D eigenvalue weighted by atomic mass is 32.2. The van der Waals surface area contributed by atoms with E-state index in [9.17, 15) is 13.2 Å². The molecule has 0 bridgehead atoms. The standard InChI is InChI=1S/C21H24N4O4S/c1-15-9-8-12-18(16(15)2)25(30(4,27)28)14-20(26)24(3)13-19-22-21(23-29-19)17-10-6-5-7-11-17/h5-12H,13-14H2,1-4H3. The van der Waals surface area contributed by atoms with Crippen molar-refractivity contribution >= 4 is 21.6 Å². The number of carbonyl (C=O) groups excluding carboxylic acids is 1. The molecule has 0 N–H and O–H groups in total. The lowest BCUT2D eigenvalue weighted by Crippen LogP contribution is -2.41. The number of nitrogens with zero attached hydrogens (tertiary/aromatic N) is 4. The Kier molecular flexibility index (Phi) is 6.21. The van der Waals surface area contributed by atoms with E-state index in [2.05, 4.69) is 10.1 Å². The number of aryl methyl sites for hydroxylation is 1. The van der Waals surface area contributed by atoms with Crippen molar-refractivity contribution in [1.82, 2.24) is 15.0 Å². The number of anilines is 1. The molecule has 0 saturated carbocycles. The maximum Gasteiger partial charge on any atom is 0.246 e. The summed E-state index contributed by atoms with van der Waals surface area (Å²) in [5.41, 5.74) is 3.05. The molecule has 0 aliphatic carbocycles. The monoisotopic (exact) mass is 428 g/mol. The Morgan fingerprint density at radius 2 is 1.77 bits per heavy atom. The molecule has 1 heterocycles. The van der Waals surface area contributed by atoms with E-state index in [0.717, 1.165) is 27.3 Å². The quantitative estimate of drug-likeness (QED) is 0.574. The Morgan fingerprint density at radius 1 is 1.07 bits per heavy atom. The second-order valence-corrected chi connectivity index (χ2v) is 9.02. The summed E-state index contributed by atoms with van der Waals surface area (Å²) in [7, 11) is -2.09. The zero-order valence-electron chi connectivity index (χ0n) is 17.4. The van der Waals surface area contributed by atoms with Gasteiger partial charge in [-0.25, -0.2) is 8.42 Å². The van der Waals surface area contributed by atoms with E-state index in [1.807, 2.05) is 50.2 Å². The summed E-state index contributed by atoms with van der Waals surface area (Å²) >= 11 is 0. The van der Waals surface area contributed by atoms with Crippen molar-refractivity contribution in [1.29, 1.82) is 0 Å². The van der Waals surface area contributed by atoms with E-state index < -0.39 is 10.0 Å². The van der Waals surface area contributed by atoms with Crippen molar-refractivity contribution in [2.45, 2.75) is 20.4 Å². The zero-order valence-corrected chi connectivity index (χ0v) is 18.2. The van der Waals surface area contributed by atoms with E-state index >= 15 is 0 Å². The molecule has 0 unspecified atom stereocenters. The van der Waals surface area contributed by atoms with Gasteiger partial charge in [0.1, 0.15) is 6.54 Å². The molecule has 0 atom stereocenters. The number of likely N-dealkylation sites (N-methyl/N-ethyl adjacent to an activating group) is 1. The minimum absolute atomic E-state index is 0.0725. The molecule has 1 aromatic heterocycles. The fourth-order valence-corrected chi connectivity index (χ4v) is 3.85. The summed E-state index contributed by atoms with van der Waals surface area (Å²) in [5.74, 6) is 0.308. The normalized spacial score (nSPS) is 11.3. The van der Waals surface area contributed by atoms with Crippen LogP contribution in [-0.4, -0.2) is 49.2 Å². The highest BCUT2D eigenvalue weighted by Gasteiger charge is 2.25. The number of hydrogen-bond acceptors (Lipinski definition) is 6. The molecule has 8 nitrogen and oxygen atoms in total. The van der Waals surface area contributed by atoms with Crippen LogP contribution >= 0.6 is 0 Å². The van der Waals surface area contributed by atoms with Gasteiger partial charge in [-0.15, -0.1) is 0 Å².